The normalized spacial score (nSPS) is 32.9. The van der Waals surface area contributed by atoms with Crippen LogP contribution in [0.4, 0.5) is 0 Å². The average molecular weight is 887 g/mol. The Labute approximate surface area is 364 Å². The fourth-order valence-electron chi connectivity index (χ4n) is 11.9. The molecule has 2 saturated carbocycles. The first-order valence-corrected chi connectivity index (χ1v) is 30.9. The Morgan fingerprint density at radius 3 is 1.75 bits per heavy atom. The van der Waals surface area contributed by atoms with E-state index in [2.05, 4.69) is 69.2 Å². The molecule has 0 aromatic heterocycles. The first-order chi connectivity index (χ1) is 28.2. The van der Waals surface area contributed by atoms with Crippen LogP contribution in [0, 0.1) is 16.7 Å². The SMILES string of the molecule is CC[Si](CC)(CC)O[C@H]1C(=O)[C@@]2(C)C([C@H](OC(=O)c3ccccc3)[C@]3(O)C[C@H](O[Si](CC)(CC)CC)C(C)=C1C3(C)C)[C@]1(OC(C)=O)CO[C@@H]1C[C@@H]2O[Si](CC)(CC)CC. The zero-order valence-corrected chi connectivity index (χ0v) is 42.5. The molecule has 1 aromatic rings. The van der Waals surface area contributed by atoms with E-state index in [1.54, 1.807) is 24.3 Å². The predicted octanol–water partition coefficient (Wildman–Crippen LogP) is 10.2. The molecule has 0 spiro atoms. The first kappa shape index (κ1) is 49.0. The molecule has 2 bridgehead atoms. The molecule has 13 heteroatoms. The van der Waals surface area contributed by atoms with E-state index in [4.69, 9.17) is 27.5 Å². The Hall–Kier alpha value is -1.98. The molecule has 1 N–H and O–H groups in total. The number of aliphatic hydroxyl groups is 1. The van der Waals surface area contributed by atoms with Crippen LogP contribution in [0.25, 0.3) is 0 Å². The van der Waals surface area contributed by atoms with E-state index in [9.17, 15) is 14.7 Å². The van der Waals surface area contributed by atoms with Gasteiger partial charge in [0.05, 0.1) is 35.7 Å². The molecule has 338 valence electrons. The molecule has 3 aliphatic carbocycles. The van der Waals surface area contributed by atoms with Crippen LogP contribution >= 0.6 is 0 Å². The maximum absolute atomic E-state index is 16.8. The quantitative estimate of drug-likeness (QED) is 0.0865. The highest BCUT2D eigenvalue weighted by molar-refractivity contribution is 6.74. The lowest BCUT2D eigenvalue weighted by atomic mass is 9.44. The number of hydrogen-bond acceptors (Lipinski definition) is 10. The molecule has 3 fully saturated rings. The molecule has 1 saturated heterocycles. The van der Waals surface area contributed by atoms with Crippen molar-refractivity contribution in [3.05, 3.63) is 47.0 Å². The third-order valence-corrected chi connectivity index (χ3v) is 30.7. The number of carbonyl (C=O) groups is 3. The highest BCUT2D eigenvalue weighted by atomic mass is 28.4. The number of rotatable bonds is 18. The highest BCUT2D eigenvalue weighted by Gasteiger charge is 2.79. The molecule has 1 aromatic carbocycles. The van der Waals surface area contributed by atoms with Crippen LogP contribution in [0.15, 0.2) is 41.5 Å². The van der Waals surface area contributed by atoms with Crippen LogP contribution < -0.4 is 0 Å². The van der Waals surface area contributed by atoms with Gasteiger partial charge in [0.15, 0.2) is 36.3 Å². The van der Waals surface area contributed by atoms with E-state index in [1.807, 2.05) is 26.8 Å². The largest absolute Gasteiger partial charge is 0.455 e. The van der Waals surface area contributed by atoms with Crippen molar-refractivity contribution in [1.29, 1.82) is 0 Å². The van der Waals surface area contributed by atoms with Crippen molar-refractivity contribution in [3.8, 4) is 0 Å². The minimum atomic E-state index is -2.57. The van der Waals surface area contributed by atoms with Crippen molar-refractivity contribution >= 4 is 42.7 Å². The van der Waals surface area contributed by atoms with Gasteiger partial charge in [-0.05, 0) is 91.5 Å². The fourth-order valence-corrected chi connectivity index (χ4v) is 20.4. The van der Waals surface area contributed by atoms with Crippen LogP contribution in [-0.2, 0) is 37.1 Å². The minimum absolute atomic E-state index is 0.0203. The standard InChI is InChI=1S/C47H78O10Si3/c1-15-58(16-2,17-3)55-35-30-47(51)42(53-43(50)34-27-25-24-26-28-34)40-45(14,41(49)39(38(32(35)10)44(47,12)13)57-60(21-7,22-8)23-9)36(56-59(18-4,19-5)20-6)29-37-46(40,31-52-37)54-33(11)48/h24-28,35-37,39-40,42,51H,15-23,29-31H2,1-14H3/t35-,36-,37+,39+,40?,42-,45+,46-,47+/m0/s1. The number of fused-ring (bicyclic) bond motifs is 5. The summed E-state index contributed by atoms with van der Waals surface area (Å²) >= 11 is 0. The van der Waals surface area contributed by atoms with Gasteiger partial charge in [-0.2, -0.15) is 0 Å². The lowest BCUT2D eigenvalue weighted by molar-refractivity contribution is -0.344. The van der Waals surface area contributed by atoms with Crippen molar-refractivity contribution in [2.45, 2.75) is 206 Å². The Kier molecular flexibility index (Phi) is 14.9. The summed E-state index contributed by atoms with van der Waals surface area (Å²) < 4.78 is 42.4. The van der Waals surface area contributed by atoms with Crippen molar-refractivity contribution in [3.63, 3.8) is 0 Å². The van der Waals surface area contributed by atoms with Crippen molar-refractivity contribution in [2.24, 2.45) is 16.7 Å². The number of ketones is 1. The summed E-state index contributed by atoms with van der Waals surface area (Å²) in [5.41, 5.74) is -4.01. The molecule has 60 heavy (non-hydrogen) atoms. The monoisotopic (exact) mass is 886 g/mol. The predicted molar refractivity (Wildman–Crippen MR) is 243 cm³/mol. The zero-order chi connectivity index (χ0) is 44.7. The minimum Gasteiger partial charge on any atom is -0.455 e. The van der Waals surface area contributed by atoms with E-state index in [0.29, 0.717) is 17.6 Å². The number of esters is 2. The Morgan fingerprint density at radius 2 is 1.28 bits per heavy atom. The van der Waals surface area contributed by atoms with Gasteiger partial charge in [-0.15, -0.1) is 0 Å². The van der Waals surface area contributed by atoms with Crippen LogP contribution in [0.3, 0.4) is 0 Å². The Morgan fingerprint density at radius 1 is 0.783 bits per heavy atom. The smallest absolute Gasteiger partial charge is 0.338 e. The van der Waals surface area contributed by atoms with Crippen LogP contribution in [0.2, 0.25) is 54.4 Å². The van der Waals surface area contributed by atoms with Gasteiger partial charge in [-0.25, -0.2) is 4.79 Å². The molecule has 1 heterocycles. The van der Waals surface area contributed by atoms with Gasteiger partial charge in [0.1, 0.15) is 23.9 Å². The maximum Gasteiger partial charge on any atom is 0.338 e. The van der Waals surface area contributed by atoms with Crippen LogP contribution in [-0.4, -0.2) is 96.1 Å². The van der Waals surface area contributed by atoms with E-state index >= 15 is 4.79 Å². The molecule has 1 unspecified atom stereocenters. The van der Waals surface area contributed by atoms with Gasteiger partial charge in [0.2, 0.25) is 0 Å². The second-order valence-electron chi connectivity index (χ2n) is 19.2. The Bertz CT molecular complexity index is 1710. The Balaban J connectivity index is 1.96. The van der Waals surface area contributed by atoms with Crippen molar-refractivity contribution in [1.82, 2.24) is 0 Å². The number of benzene rings is 1. The number of ether oxygens (including phenoxy) is 3. The van der Waals surface area contributed by atoms with Crippen molar-refractivity contribution < 1.29 is 47.0 Å². The van der Waals surface area contributed by atoms with Gasteiger partial charge in [-0.3, -0.25) is 9.59 Å². The maximum atomic E-state index is 16.8. The zero-order valence-electron chi connectivity index (χ0n) is 39.5. The number of Topliss-reactive ketones (excluding diaryl/α,β-unsaturated/α-hetero) is 1. The summed E-state index contributed by atoms with van der Waals surface area (Å²) in [5, 5.41) is 14.3. The average Bonchev–Trinajstić information content (AvgIpc) is 3.24. The third-order valence-electron chi connectivity index (χ3n) is 16.8. The van der Waals surface area contributed by atoms with Gasteiger partial charge in [-0.1, -0.05) is 94.4 Å². The summed E-state index contributed by atoms with van der Waals surface area (Å²) in [6.45, 7) is 28.9. The molecule has 10 nitrogen and oxygen atoms in total. The van der Waals surface area contributed by atoms with Crippen LogP contribution in [0.5, 0.6) is 0 Å². The van der Waals surface area contributed by atoms with Gasteiger partial charge < -0.3 is 32.6 Å². The summed E-state index contributed by atoms with van der Waals surface area (Å²) in [5.74, 6) is -2.43. The van der Waals surface area contributed by atoms with E-state index < -0.39 is 95.4 Å². The second-order valence-corrected chi connectivity index (χ2v) is 33.4. The topological polar surface area (TPSA) is 127 Å². The summed E-state index contributed by atoms with van der Waals surface area (Å²) in [7, 11) is -7.36. The van der Waals surface area contributed by atoms with Gasteiger partial charge in [0.25, 0.3) is 0 Å². The fraction of sp³-hybridized carbons (Fsp3) is 0.766. The molecule has 1 aliphatic heterocycles. The van der Waals surface area contributed by atoms with Crippen LogP contribution in [0.1, 0.15) is 120 Å². The number of carbonyl (C=O) groups excluding carboxylic acids is 3. The summed E-state index contributed by atoms with van der Waals surface area (Å²) in [6, 6.07) is 16.4. The summed E-state index contributed by atoms with van der Waals surface area (Å²) in [6.07, 6.45) is -3.97. The number of hydrogen-bond donors (Lipinski definition) is 1. The molecule has 4 aliphatic rings. The first-order valence-electron chi connectivity index (χ1n) is 23.3. The molecule has 5 rings (SSSR count). The van der Waals surface area contributed by atoms with E-state index in [-0.39, 0.29) is 18.8 Å². The molecular weight excluding hydrogens is 809 g/mol. The second kappa shape index (κ2) is 18.3. The van der Waals surface area contributed by atoms with Gasteiger partial charge >= 0.3 is 11.9 Å². The van der Waals surface area contributed by atoms with E-state index in [0.717, 1.165) is 60.0 Å². The third kappa shape index (κ3) is 7.85. The highest BCUT2D eigenvalue weighted by Crippen LogP contribution is 2.65. The van der Waals surface area contributed by atoms with Crippen molar-refractivity contribution in [2.75, 3.05) is 6.61 Å². The summed E-state index contributed by atoms with van der Waals surface area (Å²) in [4.78, 5) is 45.0. The lowest BCUT2D eigenvalue weighted by Gasteiger charge is -2.68. The molecule has 0 amide bonds. The van der Waals surface area contributed by atoms with Gasteiger partial charge in [0, 0.05) is 25.2 Å². The molecular formula is C47H78O10Si3. The molecule has 0 radical (unpaired) electrons. The lowest BCUT2D eigenvalue weighted by Crippen LogP contribution is -2.82. The molecule has 9 atom stereocenters. The van der Waals surface area contributed by atoms with E-state index in [1.165, 1.54) is 6.92 Å².